The van der Waals surface area contributed by atoms with Gasteiger partial charge >= 0.3 is 0 Å². The molecule has 0 atom stereocenters. The molecule has 3 aromatic carbocycles. The number of hydrogen-bond acceptors (Lipinski definition) is 6. The summed E-state index contributed by atoms with van der Waals surface area (Å²) < 4.78 is 15.9. The van der Waals surface area contributed by atoms with Crippen LogP contribution < -0.4 is 29.7 Å². The van der Waals surface area contributed by atoms with Gasteiger partial charge in [0.25, 0.3) is 0 Å². The molecule has 2 amide bonds. The number of unbranched alkanes of at least 4 members (excludes halogenated alkanes) is 4. The van der Waals surface area contributed by atoms with Crippen LogP contribution >= 0.6 is 0 Å². The van der Waals surface area contributed by atoms with Gasteiger partial charge in [-0.05, 0) is 114 Å². The minimum atomic E-state index is -0.0345. The number of pyridine rings is 1. The fraction of sp³-hybridized carbons (Fsp3) is 0.414. The minimum absolute atomic E-state index is 0.0345. The first-order chi connectivity index (χ1) is 33.1. The van der Waals surface area contributed by atoms with E-state index in [1.54, 1.807) is 0 Å². The van der Waals surface area contributed by atoms with Crippen molar-refractivity contribution in [3.8, 4) is 5.75 Å². The molecule has 1 aliphatic carbocycles. The second-order valence-corrected chi connectivity index (χ2v) is 17.8. The summed E-state index contributed by atoms with van der Waals surface area (Å²) >= 11 is 0. The van der Waals surface area contributed by atoms with E-state index in [4.69, 9.17) is 9.47 Å². The number of amides is 2. The fourth-order valence-corrected chi connectivity index (χ4v) is 7.84. The number of anilines is 2. The molecule has 0 saturated carbocycles. The van der Waals surface area contributed by atoms with Crippen LogP contribution in [0.25, 0.3) is 17.7 Å². The number of aromatic nitrogens is 1. The van der Waals surface area contributed by atoms with Crippen LogP contribution in [0.5, 0.6) is 5.75 Å². The highest BCUT2D eigenvalue weighted by Gasteiger charge is 2.14. The number of benzene rings is 3. The second-order valence-electron chi connectivity index (χ2n) is 17.8. The molecule has 0 saturated heterocycles. The largest absolute Gasteiger partial charge is 0.494 e. The summed E-state index contributed by atoms with van der Waals surface area (Å²) in [6, 6.07) is 30.1. The van der Waals surface area contributed by atoms with E-state index < -0.39 is 0 Å². The molecule has 0 aliphatic heterocycles. The average Bonchev–Trinajstić information content (AvgIpc) is 3.35. The van der Waals surface area contributed by atoms with Gasteiger partial charge in [0, 0.05) is 95.2 Å². The number of rotatable bonds is 29. The molecule has 0 spiro atoms. The molecular weight excluding hydrogens is 845 g/mol. The Labute approximate surface area is 407 Å². The molecular formula is C58H78N6O4+2. The molecule has 4 aromatic rings. The van der Waals surface area contributed by atoms with Crippen LogP contribution in [-0.2, 0) is 20.9 Å². The van der Waals surface area contributed by atoms with Crippen LogP contribution in [0.1, 0.15) is 100 Å². The Balaban J connectivity index is 0.884. The van der Waals surface area contributed by atoms with Crippen LogP contribution in [-0.4, -0.2) is 96.3 Å². The van der Waals surface area contributed by atoms with Crippen molar-refractivity contribution >= 4 is 46.6 Å². The van der Waals surface area contributed by atoms with Gasteiger partial charge in [-0.15, -0.1) is 0 Å². The molecule has 0 radical (unpaired) electrons. The van der Waals surface area contributed by atoms with E-state index in [1.165, 1.54) is 42.5 Å². The van der Waals surface area contributed by atoms with Crippen LogP contribution in [0.3, 0.4) is 0 Å². The van der Waals surface area contributed by atoms with Gasteiger partial charge in [-0.2, -0.15) is 0 Å². The average molecular weight is 923 g/mol. The molecule has 362 valence electrons. The molecule has 10 heteroatoms. The third-order valence-corrected chi connectivity index (χ3v) is 12.0. The lowest BCUT2D eigenvalue weighted by molar-refractivity contribution is -0.697. The molecule has 1 heterocycles. The van der Waals surface area contributed by atoms with E-state index in [2.05, 4.69) is 165 Å². The van der Waals surface area contributed by atoms with E-state index in [-0.39, 0.29) is 11.8 Å². The summed E-state index contributed by atoms with van der Waals surface area (Å²) in [5, 5.41) is 5.85. The standard InChI is InChI=1S/C58H76N6O4/c1-7-9-40-64(41-10-8-2)54-27-19-47(20-28-54)17-18-48-35-42-63(43-36-48)39-13-11-12-15-56(65)59-37-45-67-46-38-60-57(66)16-14-44-68-55-33-25-51(26-34-55)58(49-21-29-52(30-22-49)61(3)4)50-23-31-53(32-24-50)62(5)6/h17-36,42-43H,7-16,37-41,44-46H2,1-6H3/p+2. The van der Waals surface area contributed by atoms with Crippen LogP contribution in [0.4, 0.5) is 11.4 Å². The number of nitrogens with one attached hydrogen (secondary N) is 2. The summed E-state index contributed by atoms with van der Waals surface area (Å²) in [6.07, 6.45) is 26.5. The molecule has 5 rings (SSSR count). The van der Waals surface area contributed by atoms with Gasteiger partial charge in [0.2, 0.25) is 11.8 Å². The highest BCUT2D eigenvalue weighted by molar-refractivity contribution is 6.04. The smallest absolute Gasteiger partial charge is 0.220 e. The molecule has 2 N–H and O–H groups in total. The van der Waals surface area contributed by atoms with Crippen LogP contribution in [0.2, 0.25) is 0 Å². The monoisotopic (exact) mass is 923 g/mol. The maximum atomic E-state index is 12.4. The van der Waals surface area contributed by atoms with Crippen LogP contribution in [0.15, 0.2) is 127 Å². The molecule has 0 unspecified atom stereocenters. The normalized spacial score (nSPS) is 12.1. The summed E-state index contributed by atoms with van der Waals surface area (Å²) in [6.45, 7) is 9.79. The number of aryl methyl sites for hydroxylation is 1. The Kier molecular flexibility index (Phi) is 22.9. The van der Waals surface area contributed by atoms with E-state index in [1.807, 2.05) is 40.3 Å². The number of hydrogen-bond donors (Lipinski definition) is 2. The van der Waals surface area contributed by atoms with Crippen molar-refractivity contribution in [2.24, 2.45) is 0 Å². The number of carbonyl (C=O) groups is 2. The molecule has 68 heavy (non-hydrogen) atoms. The van der Waals surface area contributed by atoms with E-state index >= 15 is 0 Å². The molecule has 0 fully saturated rings. The van der Waals surface area contributed by atoms with Crippen molar-refractivity contribution in [1.82, 2.24) is 10.6 Å². The summed E-state index contributed by atoms with van der Waals surface area (Å²) in [5.41, 5.74) is 10.5. The lowest BCUT2D eigenvalue weighted by atomic mass is 9.90. The van der Waals surface area contributed by atoms with Crippen LogP contribution in [0, 0.1) is 0 Å². The number of allylic oxidation sites excluding steroid dienone is 5. The summed E-state index contributed by atoms with van der Waals surface area (Å²) in [5.74, 6) is 0.779. The summed E-state index contributed by atoms with van der Waals surface area (Å²) in [4.78, 5) is 29.4. The predicted octanol–water partition coefficient (Wildman–Crippen LogP) is 9.93. The van der Waals surface area contributed by atoms with Crippen molar-refractivity contribution in [3.63, 3.8) is 0 Å². The summed E-state index contributed by atoms with van der Waals surface area (Å²) in [7, 11) is 8.19. The third-order valence-electron chi connectivity index (χ3n) is 12.0. The van der Waals surface area contributed by atoms with E-state index in [0.29, 0.717) is 52.2 Å². The van der Waals surface area contributed by atoms with Crippen molar-refractivity contribution in [1.29, 1.82) is 0 Å². The van der Waals surface area contributed by atoms with Gasteiger partial charge in [-0.25, -0.2) is 9.14 Å². The number of ether oxygens (including phenoxy) is 2. The first-order valence-electron chi connectivity index (χ1n) is 24.9. The molecule has 1 aliphatic rings. The van der Waals surface area contributed by atoms with Gasteiger partial charge < -0.3 is 29.9 Å². The van der Waals surface area contributed by atoms with E-state index in [9.17, 15) is 9.59 Å². The minimum Gasteiger partial charge on any atom is -0.494 e. The maximum Gasteiger partial charge on any atom is 0.220 e. The Hall–Kier alpha value is -6.26. The van der Waals surface area contributed by atoms with Crippen molar-refractivity contribution in [3.05, 3.63) is 149 Å². The first kappa shape index (κ1) is 52.7. The SMILES string of the molecule is CCCCN(CCCC)c1ccc(/C=C/c2cc[n+](CCCCCC(=O)NCCOCCNC(=O)CCCOc3ccc(C(=C4C=CC(=[N+](C)C)C=C4)c4ccc(N(C)C)cc4)cc3)cc2)cc1. The van der Waals surface area contributed by atoms with Crippen molar-refractivity contribution in [2.45, 2.75) is 84.6 Å². The maximum absolute atomic E-state index is 12.4. The van der Waals surface area contributed by atoms with Crippen molar-refractivity contribution < 1.29 is 28.2 Å². The van der Waals surface area contributed by atoms with Gasteiger partial charge in [0.1, 0.15) is 26.4 Å². The molecule has 0 bridgehead atoms. The van der Waals surface area contributed by atoms with Gasteiger partial charge in [-0.1, -0.05) is 75.2 Å². The topological polar surface area (TPSA) is 90.0 Å². The van der Waals surface area contributed by atoms with Crippen molar-refractivity contribution in [2.75, 3.05) is 84.0 Å². The Morgan fingerprint density at radius 3 is 1.72 bits per heavy atom. The highest BCUT2D eigenvalue weighted by Crippen LogP contribution is 2.32. The Bertz CT molecular complexity index is 2260. The second kappa shape index (κ2) is 29.5. The zero-order valence-electron chi connectivity index (χ0n) is 41.9. The zero-order valence-corrected chi connectivity index (χ0v) is 41.9. The van der Waals surface area contributed by atoms with Gasteiger partial charge in [0.05, 0.1) is 19.8 Å². The fourth-order valence-electron chi connectivity index (χ4n) is 7.84. The predicted molar refractivity (Wildman–Crippen MR) is 283 cm³/mol. The lowest BCUT2D eigenvalue weighted by Crippen LogP contribution is -2.32. The van der Waals surface area contributed by atoms with Gasteiger partial charge in [0.15, 0.2) is 18.1 Å². The first-order valence-corrected chi connectivity index (χ1v) is 24.9. The molecule has 10 nitrogen and oxygen atoms in total. The Morgan fingerprint density at radius 1 is 0.618 bits per heavy atom. The van der Waals surface area contributed by atoms with E-state index in [0.717, 1.165) is 78.3 Å². The number of carbonyl (C=O) groups excluding carboxylic acids is 2. The lowest BCUT2D eigenvalue weighted by Gasteiger charge is -2.24. The number of nitrogens with zero attached hydrogens (tertiary/aromatic N) is 4. The third kappa shape index (κ3) is 18.4. The quantitative estimate of drug-likeness (QED) is 0.0417. The Morgan fingerprint density at radius 2 is 1.16 bits per heavy atom. The molecule has 1 aromatic heterocycles. The zero-order chi connectivity index (χ0) is 48.4. The highest BCUT2D eigenvalue weighted by atomic mass is 16.5. The van der Waals surface area contributed by atoms with Gasteiger partial charge in [-0.3, -0.25) is 9.59 Å².